The molecule has 30 heteroatoms. The predicted octanol–water partition coefficient (Wildman–Crippen LogP) is 15.8. The highest BCUT2D eigenvalue weighted by atomic mass is 35.5. The first-order valence-corrected chi connectivity index (χ1v) is 37.7. The second-order valence-electron chi connectivity index (χ2n) is 26.8. The van der Waals surface area contributed by atoms with Crippen LogP contribution in [0.3, 0.4) is 0 Å². The van der Waals surface area contributed by atoms with E-state index in [1.807, 2.05) is 246 Å². The van der Waals surface area contributed by atoms with Crippen molar-refractivity contribution < 1.29 is 9.31 Å². The van der Waals surface area contributed by atoms with Crippen LogP contribution >= 0.6 is 69.1 Å². The molecule has 1 aliphatic rings. The molecule has 5 N–H and O–H groups in total. The molecule has 11 heterocycles. The molecule has 109 heavy (non-hydrogen) atoms. The third-order valence-corrected chi connectivity index (χ3v) is 20.9. The van der Waals surface area contributed by atoms with Crippen molar-refractivity contribution >= 4 is 140 Å². The number of hydrogen-bond acceptors (Lipinski definition) is 19. The lowest BCUT2D eigenvalue weighted by Gasteiger charge is -2.32. The second-order valence-corrected chi connectivity index (χ2v) is 29.9. The molecule has 16 aromatic rings. The summed E-state index contributed by atoms with van der Waals surface area (Å²) in [7, 11) is 5.31. The fourth-order valence-electron chi connectivity index (χ4n) is 12.6. The number of aromatic nitrogens is 15. The highest BCUT2D eigenvalue weighted by Gasteiger charge is 2.52. The minimum atomic E-state index is -0.305. The lowest BCUT2D eigenvalue weighted by Crippen LogP contribution is -2.41. The first-order chi connectivity index (χ1) is 52.2. The number of rotatable bonds is 11. The van der Waals surface area contributed by atoms with Crippen molar-refractivity contribution in [3.05, 3.63) is 281 Å². The van der Waals surface area contributed by atoms with E-state index in [0.717, 1.165) is 82.8 Å². The fourth-order valence-corrected chi connectivity index (χ4v) is 14.9. The van der Waals surface area contributed by atoms with E-state index < -0.39 is 0 Å². The Bertz CT molecular complexity index is 6170. The molecule has 0 spiro atoms. The van der Waals surface area contributed by atoms with Crippen LogP contribution in [-0.2, 0) is 30.5 Å². The molecule has 552 valence electrons. The summed E-state index contributed by atoms with van der Waals surface area (Å²) in [5, 5.41) is 21.5. The minimum Gasteiger partial charge on any atom is -0.399 e. The van der Waals surface area contributed by atoms with Crippen LogP contribution in [0.5, 0.6) is 0 Å². The minimum absolute atomic E-state index is 0.0690. The second kappa shape index (κ2) is 32.3. The monoisotopic (exact) mass is 1570 g/mol. The molecule has 1 saturated heterocycles. The number of thiazole rings is 2. The van der Waals surface area contributed by atoms with E-state index in [2.05, 4.69) is 50.5 Å². The Kier molecular flexibility index (Phi) is 22.7. The first-order valence-electron chi connectivity index (χ1n) is 34.4. The number of nitrogens with zero attached hydrogens (tertiary/aromatic N) is 15. The van der Waals surface area contributed by atoms with Crippen LogP contribution in [0, 0.1) is 0 Å². The summed E-state index contributed by atoms with van der Waals surface area (Å²) in [5.41, 5.74) is 25.2. The molecule has 0 saturated carbocycles. The Morgan fingerprint density at radius 3 is 1.33 bits per heavy atom. The Morgan fingerprint density at radius 1 is 0.477 bits per heavy atom. The van der Waals surface area contributed by atoms with Crippen molar-refractivity contribution in [3.63, 3.8) is 0 Å². The topological polar surface area (TPSA) is 279 Å². The maximum Gasteiger partial charge on any atom is 0.498 e. The average molecular weight is 1570 g/mol. The van der Waals surface area contributed by atoms with Gasteiger partial charge in [-0.05, 0) is 160 Å². The molecule has 0 bridgehead atoms. The zero-order valence-corrected chi connectivity index (χ0v) is 65.4. The van der Waals surface area contributed by atoms with E-state index in [1.54, 1.807) is 63.4 Å². The average Bonchev–Trinajstić information content (AvgIpc) is 1.41. The standard InChI is InChI=1S/C26H20ClN7OS.C21H20N4O.C17H15ClN2O.C10H17BN2O2.C5HCl2N3S/c1-15(30-23-22-24(36-14-28-22)32-26(27)31-23)20-11-16-7-6-10-19(17-12-29-33(2)13-17)21(16)25(35)34(20)18-8-4-3-5-9-18;1-14(22)19-11-15-7-6-10-18(16-12-23-24(2)13-16)20(15)21(26)25(19)17-8-4-3-5-9-17;1-11(19)15-10-12-6-5-9-14(18)16(12)17(21)20(15)13-7-3-2-4-8-13;1-9(2)10(3,4)15-11(14-9)8-6-12-13(5)7-8;6-3-2-4(11-1-8-2)10-5(7)9-3/h3-15H,1-2H3,(H,30,31,32);3-14H,22H2,1-2H3;2-11H,19H2,1H3;6-7H,1-5H3;1H/t15-;14-;11-;;/m000../s1. The van der Waals surface area contributed by atoms with E-state index in [1.165, 1.54) is 22.7 Å². The maximum absolute atomic E-state index is 14.2. The van der Waals surface area contributed by atoms with Crippen molar-refractivity contribution in [2.75, 3.05) is 5.32 Å². The summed E-state index contributed by atoms with van der Waals surface area (Å²) in [5.74, 6) is 0.523. The zero-order valence-electron chi connectivity index (χ0n) is 60.7. The molecule has 1 fully saturated rings. The maximum atomic E-state index is 14.2. The molecular formula is C79H73BCl4N18O5S2. The van der Waals surface area contributed by atoms with Gasteiger partial charge in [-0.1, -0.05) is 126 Å². The molecule has 17 rings (SSSR count). The Balaban J connectivity index is 0.000000127. The predicted molar refractivity (Wildman–Crippen MR) is 440 cm³/mol. The van der Waals surface area contributed by atoms with Crippen molar-refractivity contribution in [2.24, 2.45) is 32.6 Å². The van der Waals surface area contributed by atoms with Crippen molar-refractivity contribution in [2.45, 2.75) is 77.8 Å². The molecule has 10 aromatic heterocycles. The number of aryl methyl sites for hydroxylation is 3. The number of nitrogens with two attached hydrogens (primary N) is 2. The van der Waals surface area contributed by atoms with Crippen molar-refractivity contribution in [1.29, 1.82) is 0 Å². The summed E-state index contributed by atoms with van der Waals surface area (Å²) in [6, 6.07) is 51.1. The highest BCUT2D eigenvalue weighted by Crippen LogP contribution is 2.38. The van der Waals surface area contributed by atoms with Gasteiger partial charge in [0.25, 0.3) is 16.7 Å². The molecule has 23 nitrogen and oxygen atoms in total. The van der Waals surface area contributed by atoms with Gasteiger partial charge >= 0.3 is 7.12 Å². The van der Waals surface area contributed by atoms with Gasteiger partial charge < -0.3 is 26.1 Å². The van der Waals surface area contributed by atoms with Gasteiger partial charge in [0.2, 0.25) is 10.6 Å². The SMILES string of the molecule is C[C@H](N)c1cc2cccc(-c3cnn(C)c3)c2c(=O)n1-c1ccccc1.C[C@H](N)c1cc2cccc(Cl)c2c(=O)n1-c1ccccc1.C[C@H](Nc1nc(Cl)nc2scnc12)c1cc2cccc(-c3cnn(C)c3)c2c(=O)n1-c1ccccc1.Clc1nc(Cl)c2ncsc2n1.Cn1cc(B2OC(C)(C)C(C)(C)O2)cn1. The number of benzene rings is 6. The molecule has 0 unspecified atom stereocenters. The fraction of sp³-hybridized carbons (Fsp3) is 0.190. The number of anilines is 1. The van der Waals surface area contributed by atoms with Gasteiger partial charge in [0.1, 0.15) is 15.9 Å². The van der Waals surface area contributed by atoms with Crippen LogP contribution in [0.4, 0.5) is 5.82 Å². The van der Waals surface area contributed by atoms with Gasteiger partial charge in [0.05, 0.1) is 61.8 Å². The molecule has 3 atom stereocenters. The number of hydrogen-bond donors (Lipinski definition) is 3. The van der Waals surface area contributed by atoms with Crippen LogP contribution in [0.2, 0.25) is 20.7 Å². The number of fused-ring (bicyclic) bond motifs is 5. The van der Waals surface area contributed by atoms with Gasteiger partial charge in [0.15, 0.2) is 15.8 Å². The molecule has 6 aromatic carbocycles. The Labute approximate surface area is 654 Å². The summed E-state index contributed by atoms with van der Waals surface area (Å²) in [6.45, 7) is 13.9. The van der Waals surface area contributed by atoms with Crippen LogP contribution in [0.25, 0.3) is 92.3 Å². The number of para-hydroxylation sites is 3. The Morgan fingerprint density at radius 2 is 0.881 bits per heavy atom. The van der Waals surface area contributed by atoms with E-state index >= 15 is 0 Å². The van der Waals surface area contributed by atoms with Crippen LogP contribution in [-0.4, -0.2) is 91.3 Å². The van der Waals surface area contributed by atoms with Gasteiger partial charge in [-0.2, -0.15) is 20.3 Å². The zero-order chi connectivity index (χ0) is 77.2. The number of halogens is 4. The van der Waals surface area contributed by atoms with Crippen LogP contribution < -0.4 is 38.9 Å². The van der Waals surface area contributed by atoms with Crippen molar-refractivity contribution in [1.82, 2.24) is 72.9 Å². The van der Waals surface area contributed by atoms with Crippen LogP contribution in [0.1, 0.15) is 83.7 Å². The van der Waals surface area contributed by atoms with E-state index in [-0.39, 0.29) is 63.7 Å². The summed E-state index contributed by atoms with van der Waals surface area (Å²) >= 11 is 26.4. The molecule has 1 aliphatic heterocycles. The van der Waals surface area contributed by atoms with Gasteiger partial charge in [0, 0.05) is 109 Å². The van der Waals surface area contributed by atoms with E-state index in [4.69, 9.17) is 67.2 Å². The lowest BCUT2D eigenvalue weighted by atomic mass is 9.82. The Hall–Kier alpha value is -10.6. The lowest BCUT2D eigenvalue weighted by molar-refractivity contribution is 0.00578. The molecule has 0 radical (unpaired) electrons. The van der Waals surface area contributed by atoms with E-state index in [9.17, 15) is 14.4 Å². The third kappa shape index (κ3) is 16.3. The largest absolute Gasteiger partial charge is 0.498 e. The smallest absolute Gasteiger partial charge is 0.399 e. The molecule has 0 aliphatic carbocycles. The van der Waals surface area contributed by atoms with Gasteiger partial charge in [-0.15, -0.1) is 22.7 Å². The summed E-state index contributed by atoms with van der Waals surface area (Å²) < 4.78 is 22.1. The molecular weight excluding hydrogens is 1500 g/mol. The van der Waals surface area contributed by atoms with Crippen molar-refractivity contribution in [3.8, 4) is 39.3 Å². The molecule has 0 amide bonds. The van der Waals surface area contributed by atoms with Crippen LogP contribution in [0.15, 0.2) is 226 Å². The summed E-state index contributed by atoms with van der Waals surface area (Å²) in [4.78, 5) is 66.7. The van der Waals surface area contributed by atoms with Gasteiger partial charge in [-0.25, -0.2) is 24.9 Å². The van der Waals surface area contributed by atoms with Gasteiger partial charge in [-0.3, -0.25) is 42.1 Å². The van der Waals surface area contributed by atoms with E-state index in [0.29, 0.717) is 48.0 Å². The summed E-state index contributed by atoms with van der Waals surface area (Å²) in [6.07, 6.45) is 11.1. The first kappa shape index (κ1) is 76.6. The third-order valence-electron chi connectivity index (χ3n) is 18.5. The normalized spacial score (nSPS) is 13.7. The number of nitrogens with one attached hydrogen (secondary N) is 1. The number of pyridine rings is 3. The highest BCUT2D eigenvalue weighted by molar-refractivity contribution is 7.16. The quantitative estimate of drug-likeness (QED) is 0.0616.